The van der Waals surface area contributed by atoms with Gasteiger partial charge < -0.3 is 4.74 Å². The molecule has 0 unspecified atom stereocenters. The summed E-state index contributed by atoms with van der Waals surface area (Å²) >= 11 is 0. The smallest absolute Gasteiger partial charge is 0.265 e. The van der Waals surface area contributed by atoms with Crippen molar-refractivity contribution in [2.75, 3.05) is 11.8 Å². The van der Waals surface area contributed by atoms with E-state index in [1.165, 1.54) is 7.11 Å². The second-order valence-electron chi connectivity index (χ2n) is 6.56. The van der Waals surface area contributed by atoms with Gasteiger partial charge in [0.05, 0.1) is 12.8 Å². The number of ether oxygens (including phenoxy) is 1. The predicted octanol–water partition coefficient (Wildman–Crippen LogP) is 4.10. The van der Waals surface area contributed by atoms with E-state index in [1.807, 2.05) is 52.0 Å². The molecule has 2 rings (SSSR count). The minimum atomic E-state index is -3.74. The van der Waals surface area contributed by atoms with Crippen molar-refractivity contribution in [1.29, 1.82) is 0 Å². The van der Waals surface area contributed by atoms with E-state index in [4.69, 9.17) is 4.74 Å². The lowest BCUT2D eigenvalue weighted by molar-refractivity contribution is 0.402. The summed E-state index contributed by atoms with van der Waals surface area (Å²) in [4.78, 5) is 0.142. The maximum absolute atomic E-state index is 12.8. The molecule has 0 heterocycles. The van der Waals surface area contributed by atoms with Gasteiger partial charge in [0.15, 0.2) is 0 Å². The minimum absolute atomic E-state index is 0.142. The first-order valence-corrected chi connectivity index (χ1v) is 8.90. The van der Waals surface area contributed by atoms with Crippen molar-refractivity contribution in [3.63, 3.8) is 0 Å². The van der Waals surface area contributed by atoms with Gasteiger partial charge >= 0.3 is 0 Å². The molecule has 0 aliphatic heterocycles. The average Bonchev–Trinajstić information content (AvgIpc) is 2.46. The molecule has 5 heteroatoms. The SMILES string of the molecule is COc1ccc(C)cc1S(=O)(=O)Nc1ccccc1C(C)(C)C. The van der Waals surface area contributed by atoms with Gasteiger partial charge in [0.2, 0.25) is 0 Å². The number of benzene rings is 2. The van der Waals surface area contributed by atoms with Gasteiger partial charge in [-0.05, 0) is 41.7 Å². The number of aryl methyl sites for hydroxylation is 1. The summed E-state index contributed by atoms with van der Waals surface area (Å²) in [6, 6.07) is 12.5. The summed E-state index contributed by atoms with van der Waals surface area (Å²) in [6.45, 7) is 8.00. The van der Waals surface area contributed by atoms with Crippen LogP contribution in [0, 0.1) is 6.92 Å². The van der Waals surface area contributed by atoms with E-state index in [0.717, 1.165) is 11.1 Å². The Morgan fingerprint density at radius 1 is 1.04 bits per heavy atom. The zero-order valence-electron chi connectivity index (χ0n) is 14.2. The highest BCUT2D eigenvalue weighted by Crippen LogP contribution is 2.32. The number of nitrogens with one attached hydrogen (secondary N) is 1. The van der Waals surface area contributed by atoms with E-state index in [1.54, 1.807) is 18.2 Å². The molecule has 0 radical (unpaired) electrons. The van der Waals surface area contributed by atoms with Crippen molar-refractivity contribution < 1.29 is 13.2 Å². The van der Waals surface area contributed by atoms with Crippen LogP contribution in [-0.2, 0) is 15.4 Å². The molecule has 2 aromatic carbocycles. The summed E-state index contributed by atoms with van der Waals surface area (Å²) in [5, 5.41) is 0. The van der Waals surface area contributed by atoms with Crippen LogP contribution in [0.5, 0.6) is 5.75 Å². The third kappa shape index (κ3) is 3.85. The first kappa shape index (κ1) is 17.3. The maximum Gasteiger partial charge on any atom is 0.265 e. The zero-order valence-corrected chi connectivity index (χ0v) is 15.0. The number of rotatable bonds is 4. The number of hydrogen-bond donors (Lipinski definition) is 1. The van der Waals surface area contributed by atoms with Gasteiger partial charge in [0.1, 0.15) is 10.6 Å². The first-order chi connectivity index (χ1) is 10.6. The molecular weight excluding hydrogens is 310 g/mol. The summed E-state index contributed by atoms with van der Waals surface area (Å²) < 4.78 is 33.5. The lowest BCUT2D eigenvalue weighted by atomic mass is 9.86. The molecule has 0 aliphatic rings. The molecule has 0 saturated heterocycles. The van der Waals surface area contributed by atoms with Crippen LogP contribution in [0.3, 0.4) is 0 Å². The van der Waals surface area contributed by atoms with E-state index >= 15 is 0 Å². The fourth-order valence-electron chi connectivity index (χ4n) is 2.42. The van der Waals surface area contributed by atoms with Gasteiger partial charge in [-0.25, -0.2) is 8.42 Å². The van der Waals surface area contributed by atoms with Crippen molar-refractivity contribution in [2.24, 2.45) is 0 Å². The number of para-hydroxylation sites is 1. The van der Waals surface area contributed by atoms with E-state index in [9.17, 15) is 8.42 Å². The molecule has 23 heavy (non-hydrogen) atoms. The standard InChI is InChI=1S/C18H23NO3S/c1-13-10-11-16(22-5)17(12-13)23(20,21)19-15-9-7-6-8-14(15)18(2,3)4/h6-12,19H,1-5H3. The average molecular weight is 333 g/mol. The number of anilines is 1. The van der Waals surface area contributed by atoms with Gasteiger partial charge in [-0.2, -0.15) is 0 Å². The van der Waals surface area contributed by atoms with Crippen LogP contribution in [0.15, 0.2) is 47.4 Å². The molecule has 0 spiro atoms. The lowest BCUT2D eigenvalue weighted by Gasteiger charge is -2.23. The van der Waals surface area contributed by atoms with Gasteiger partial charge in [0.25, 0.3) is 10.0 Å². The van der Waals surface area contributed by atoms with Crippen LogP contribution in [0.2, 0.25) is 0 Å². The maximum atomic E-state index is 12.8. The van der Waals surface area contributed by atoms with Crippen LogP contribution in [0.4, 0.5) is 5.69 Å². The number of sulfonamides is 1. The van der Waals surface area contributed by atoms with Gasteiger partial charge in [-0.1, -0.05) is 45.0 Å². The first-order valence-electron chi connectivity index (χ1n) is 7.42. The van der Waals surface area contributed by atoms with Gasteiger partial charge in [-0.15, -0.1) is 0 Å². The Kier molecular flexibility index (Phi) is 4.71. The second kappa shape index (κ2) is 6.24. The minimum Gasteiger partial charge on any atom is -0.495 e. The Morgan fingerprint density at radius 2 is 1.70 bits per heavy atom. The van der Waals surface area contributed by atoms with Crippen LogP contribution in [0.25, 0.3) is 0 Å². The van der Waals surface area contributed by atoms with Crippen LogP contribution >= 0.6 is 0 Å². The van der Waals surface area contributed by atoms with Gasteiger partial charge in [0, 0.05) is 0 Å². The summed E-state index contributed by atoms with van der Waals surface area (Å²) in [5.41, 5.74) is 2.21. The predicted molar refractivity (Wildman–Crippen MR) is 93.7 cm³/mol. The molecule has 2 aromatic rings. The highest BCUT2D eigenvalue weighted by atomic mass is 32.2. The largest absolute Gasteiger partial charge is 0.495 e. The Bertz CT molecular complexity index is 805. The third-order valence-electron chi connectivity index (χ3n) is 3.59. The van der Waals surface area contributed by atoms with Crippen LogP contribution < -0.4 is 9.46 Å². The molecule has 0 atom stereocenters. The Hall–Kier alpha value is -2.01. The molecule has 0 saturated carbocycles. The molecule has 1 N–H and O–H groups in total. The van der Waals surface area contributed by atoms with Crippen molar-refractivity contribution in [3.05, 3.63) is 53.6 Å². The van der Waals surface area contributed by atoms with Crippen molar-refractivity contribution in [2.45, 2.75) is 38.0 Å². The molecule has 124 valence electrons. The molecule has 0 bridgehead atoms. The van der Waals surface area contributed by atoms with E-state index < -0.39 is 10.0 Å². The molecule has 4 nitrogen and oxygen atoms in total. The van der Waals surface area contributed by atoms with Crippen LogP contribution in [-0.4, -0.2) is 15.5 Å². The molecule has 0 aliphatic carbocycles. The summed E-state index contributed by atoms with van der Waals surface area (Å²) in [5.74, 6) is 0.330. The number of hydrogen-bond acceptors (Lipinski definition) is 3. The van der Waals surface area contributed by atoms with E-state index in [0.29, 0.717) is 11.4 Å². The molecule has 0 aromatic heterocycles. The molecule has 0 fully saturated rings. The van der Waals surface area contributed by atoms with Gasteiger partial charge in [-0.3, -0.25) is 4.72 Å². The third-order valence-corrected chi connectivity index (χ3v) is 4.97. The normalized spacial score (nSPS) is 12.0. The Morgan fingerprint density at radius 3 is 2.30 bits per heavy atom. The molecular formula is C18H23NO3S. The number of methoxy groups -OCH3 is 1. The Labute approximate surface area is 138 Å². The van der Waals surface area contributed by atoms with Crippen molar-refractivity contribution in [1.82, 2.24) is 0 Å². The quantitative estimate of drug-likeness (QED) is 0.916. The van der Waals surface area contributed by atoms with E-state index in [2.05, 4.69) is 4.72 Å². The van der Waals surface area contributed by atoms with Crippen LogP contribution in [0.1, 0.15) is 31.9 Å². The fourth-order valence-corrected chi connectivity index (χ4v) is 3.75. The second-order valence-corrected chi connectivity index (χ2v) is 8.21. The highest BCUT2D eigenvalue weighted by Gasteiger charge is 2.24. The highest BCUT2D eigenvalue weighted by molar-refractivity contribution is 7.92. The van der Waals surface area contributed by atoms with E-state index in [-0.39, 0.29) is 10.3 Å². The van der Waals surface area contributed by atoms with Crippen molar-refractivity contribution in [3.8, 4) is 5.75 Å². The topological polar surface area (TPSA) is 55.4 Å². The monoisotopic (exact) mass is 333 g/mol. The zero-order chi connectivity index (χ0) is 17.3. The summed E-state index contributed by atoms with van der Waals surface area (Å²) in [7, 11) is -2.27. The summed E-state index contributed by atoms with van der Waals surface area (Å²) in [6.07, 6.45) is 0. The Balaban J connectivity index is 2.51. The molecule has 0 amide bonds. The van der Waals surface area contributed by atoms with Crippen molar-refractivity contribution >= 4 is 15.7 Å². The lowest BCUT2D eigenvalue weighted by Crippen LogP contribution is -2.19. The fraction of sp³-hybridized carbons (Fsp3) is 0.333.